The summed E-state index contributed by atoms with van der Waals surface area (Å²) < 4.78 is 65.7. The van der Waals surface area contributed by atoms with E-state index in [-0.39, 0.29) is 35.4 Å². The van der Waals surface area contributed by atoms with Gasteiger partial charge in [-0.1, -0.05) is 39.3 Å². The molecule has 0 aromatic carbocycles. The minimum absolute atomic E-state index is 0.0275. The fourth-order valence-electron chi connectivity index (χ4n) is 15.5. The molecule has 0 spiro atoms. The molecule has 0 amide bonds. The summed E-state index contributed by atoms with van der Waals surface area (Å²) in [5.74, 6) is 0.240. The standard InChI is InChI=1S/C54H88O24/c1-22(20-70-48-42(64)40(62)36(58)24(3)71-48)10-15-54(68-7)23(2)35-31(78-54)17-30-28-9-8-26-16-27(11-13-52(26,5)29(28)12-14-53(30,35)6)72-50-44(66)46(38(60)33(19-56)74-50)77-51-45(67)47(39(61)34(75-51)21-69-25(4)57)76-49-43(65)41(63)37(59)32(18-55)73-49/h8,22-24,27-51,55-56,58-67H,9-21H2,1-7H3/t22-,23-,24-,27+,28+,29-,30-,31-,32-,33-,34-,35-,36-,37-,38-,39-,40+,41+,42-,43-,44-,45-,46+,47+,48-,49+,50-,51+,52+,53+,54+/m0/s1. The molecule has 31 atom stereocenters. The van der Waals surface area contributed by atoms with E-state index in [4.69, 9.17) is 52.1 Å². The molecule has 0 aromatic heterocycles. The highest BCUT2D eigenvalue weighted by atomic mass is 16.8. The summed E-state index contributed by atoms with van der Waals surface area (Å²) in [6, 6.07) is 0. The van der Waals surface area contributed by atoms with E-state index >= 15 is 0 Å². The van der Waals surface area contributed by atoms with Crippen molar-refractivity contribution >= 4 is 5.97 Å². The van der Waals surface area contributed by atoms with Crippen molar-refractivity contribution in [3.8, 4) is 0 Å². The van der Waals surface area contributed by atoms with Gasteiger partial charge >= 0.3 is 5.97 Å². The third kappa shape index (κ3) is 11.2. The second kappa shape index (κ2) is 24.1. The monoisotopic (exact) mass is 1120 g/mol. The van der Waals surface area contributed by atoms with E-state index in [2.05, 4.69) is 33.8 Å². The highest BCUT2D eigenvalue weighted by molar-refractivity contribution is 5.65. The Morgan fingerprint density at radius 3 is 1.94 bits per heavy atom. The van der Waals surface area contributed by atoms with Gasteiger partial charge in [0.15, 0.2) is 30.9 Å². The number of hydrogen-bond donors (Lipinski definition) is 12. The molecule has 5 aliphatic heterocycles. The molecule has 12 N–H and O–H groups in total. The van der Waals surface area contributed by atoms with Gasteiger partial charge in [-0.25, -0.2) is 0 Å². The summed E-state index contributed by atoms with van der Waals surface area (Å²) in [4.78, 5) is 11.8. The lowest BCUT2D eigenvalue weighted by atomic mass is 9.47. The molecule has 8 fully saturated rings. The van der Waals surface area contributed by atoms with Crippen molar-refractivity contribution in [1.29, 1.82) is 0 Å². The van der Waals surface area contributed by atoms with Crippen LogP contribution in [0.2, 0.25) is 0 Å². The van der Waals surface area contributed by atoms with E-state index in [0.29, 0.717) is 42.9 Å². The van der Waals surface area contributed by atoms with Crippen molar-refractivity contribution in [1.82, 2.24) is 0 Å². The van der Waals surface area contributed by atoms with Gasteiger partial charge in [-0.15, -0.1) is 0 Å². The lowest BCUT2D eigenvalue weighted by Crippen LogP contribution is -2.67. The van der Waals surface area contributed by atoms with Gasteiger partial charge in [0.25, 0.3) is 0 Å². The second-order valence-corrected chi connectivity index (χ2v) is 24.6. The van der Waals surface area contributed by atoms with Crippen LogP contribution in [0.25, 0.3) is 0 Å². The van der Waals surface area contributed by atoms with Crippen molar-refractivity contribution < 1.29 is 118 Å². The first-order chi connectivity index (χ1) is 36.9. The molecule has 24 nitrogen and oxygen atoms in total. The van der Waals surface area contributed by atoms with Gasteiger partial charge < -0.3 is 113 Å². The molecule has 24 heteroatoms. The Balaban J connectivity index is 0.828. The van der Waals surface area contributed by atoms with Gasteiger partial charge in [-0.3, -0.25) is 4.79 Å². The first-order valence-electron chi connectivity index (χ1n) is 28.2. The third-order valence-corrected chi connectivity index (χ3v) is 20.1. The molecule has 4 aliphatic carbocycles. The van der Waals surface area contributed by atoms with Crippen molar-refractivity contribution in [2.75, 3.05) is 33.5 Å². The van der Waals surface area contributed by atoms with E-state index in [1.807, 2.05) is 0 Å². The lowest BCUT2D eigenvalue weighted by molar-refractivity contribution is -0.382. The Kier molecular flexibility index (Phi) is 18.8. The fourth-order valence-corrected chi connectivity index (χ4v) is 15.5. The van der Waals surface area contributed by atoms with Crippen molar-refractivity contribution in [2.24, 2.45) is 46.3 Å². The quantitative estimate of drug-likeness (QED) is 0.0566. The van der Waals surface area contributed by atoms with Crippen LogP contribution in [0.1, 0.15) is 99.3 Å². The summed E-state index contributed by atoms with van der Waals surface area (Å²) in [6.45, 7) is 10.1. The highest BCUT2D eigenvalue weighted by Gasteiger charge is 2.68. The number of rotatable bonds is 17. The molecule has 9 rings (SSSR count). The number of esters is 1. The van der Waals surface area contributed by atoms with Crippen LogP contribution >= 0.6 is 0 Å². The van der Waals surface area contributed by atoms with Crippen LogP contribution in [0.3, 0.4) is 0 Å². The zero-order valence-corrected chi connectivity index (χ0v) is 45.7. The van der Waals surface area contributed by atoms with Crippen molar-refractivity contribution in [3.63, 3.8) is 0 Å². The molecule has 0 unspecified atom stereocenters. The number of allylic oxidation sites excluding steroid dienone is 1. The maximum absolute atomic E-state index is 11.9. The maximum atomic E-state index is 11.9. The minimum atomic E-state index is -1.98. The van der Waals surface area contributed by atoms with Gasteiger partial charge in [0.05, 0.1) is 38.1 Å². The van der Waals surface area contributed by atoms with E-state index in [9.17, 15) is 66.1 Å². The van der Waals surface area contributed by atoms with E-state index < -0.39 is 161 Å². The number of carbonyl (C=O) groups excluding carboxylic acids is 1. The van der Waals surface area contributed by atoms with Crippen LogP contribution in [0.5, 0.6) is 0 Å². The van der Waals surface area contributed by atoms with Gasteiger partial charge in [-0.2, -0.15) is 0 Å². The van der Waals surface area contributed by atoms with Crippen LogP contribution in [-0.4, -0.2) is 242 Å². The summed E-state index contributed by atoms with van der Waals surface area (Å²) >= 11 is 0. The number of carbonyl (C=O) groups is 1. The first-order valence-corrected chi connectivity index (χ1v) is 28.2. The molecule has 0 aromatic rings. The van der Waals surface area contributed by atoms with E-state index in [1.165, 1.54) is 5.57 Å². The van der Waals surface area contributed by atoms with Crippen LogP contribution in [-0.2, 0) is 56.9 Å². The number of fused-ring (bicyclic) bond motifs is 7. The molecule has 3 saturated carbocycles. The third-order valence-electron chi connectivity index (χ3n) is 20.1. The summed E-state index contributed by atoms with van der Waals surface area (Å²) in [5, 5.41) is 129. The number of methoxy groups -OCH3 is 1. The Labute approximate surface area is 454 Å². The maximum Gasteiger partial charge on any atom is 0.302 e. The molecular formula is C54H88O24. The molecule has 448 valence electrons. The Bertz CT molecular complexity index is 2050. The van der Waals surface area contributed by atoms with E-state index in [0.717, 1.165) is 45.4 Å². The first kappa shape index (κ1) is 60.9. The Morgan fingerprint density at radius 1 is 0.705 bits per heavy atom. The molecular weight excluding hydrogens is 1030 g/mol. The molecule has 5 saturated heterocycles. The summed E-state index contributed by atoms with van der Waals surface area (Å²) in [7, 11) is 1.73. The molecule has 0 bridgehead atoms. The molecule has 9 aliphatic rings. The van der Waals surface area contributed by atoms with Crippen LogP contribution < -0.4 is 0 Å². The number of hydrogen-bond acceptors (Lipinski definition) is 24. The number of aliphatic hydroxyl groups is 12. The SMILES string of the molecule is CO[C@]1(CC[C@H](C)CO[C@H]2O[C@@H](C)[C@H](O)[C@@H](O)[C@@H]2O)O[C@H]2C[C@H]3[C@@H]4CC=C5C[C@H](O[C@H]6O[C@@H](CO)[C@H](O)[C@@H](O[C@H]7O[C@@H](COC(C)=O)[C@H](O)[C@@H](O[C@H]8O[C@@H](CO)[C@H](O)[C@@H](O)[C@@H]8O)[C@@H]7O)[C@@H]6O)CC[C@@]5(C)[C@H]4CC[C@@]3(C)[C@H]2[C@@H]1C. The predicted octanol–water partition coefficient (Wildman–Crippen LogP) is -1.78. The van der Waals surface area contributed by atoms with Gasteiger partial charge in [0.1, 0.15) is 98.2 Å². The van der Waals surface area contributed by atoms with Gasteiger partial charge in [-0.05, 0) is 98.7 Å². The number of aliphatic hydroxyl groups excluding tert-OH is 12. The largest absolute Gasteiger partial charge is 0.463 e. The van der Waals surface area contributed by atoms with E-state index in [1.54, 1.807) is 14.0 Å². The average Bonchev–Trinajstić information content (AvgIpc) is 4.00. The van der Waals surface area contributed by atoms with Gasteiger partial charge in [0, 0.05) is 26.4 Å². The number of ether oxygens (including phenoxy) is 11. The predicted molar refractivity (Wildman–Crippen MR) is 265 cm³/mol. The molecule has 5 heterocycles. The summed E-state index contributed by atoms with van der Waals surface area (Å²) in [5.41, 5.74) is 1.18. The molecule has 78 heavy (non-hydrogen) atoms. The molecule has 0 radical (unpaired) electrons. The zero-order chi connectivity index (χ0) is 56.5. The van der Waals surface area contributed by atoms with Crippen molar-refractivity contribution in [2.45, 2.75) is 240 Å². The zero-order valence-electron chi connectivity index (χ0n) is 45.7. The van der Waals surface area contributed by atoms with Crippen LogP contribution in [0.4, 0.5) is 0 Å². The smallest absolute Gasteiger partial charge is 0.302 e. The minimum Gasteiger partial charge on any atom is -0.463 e. The normalized spacial score (nSPS) is 52.6. The van der Waals surface area contributed by atoms with Crippen LogP contribution in [0, 0.1) is 46.3 Å². The highest BCUT2D eigenvalue weighted by Crippen LogP contribution is 2.70. The van der Waals surface area contributed by atoms with Crippen LogP contribution in [0.15, 0.2) is 11.6 Å². The summed E-state index contributed by atoms with van der Waals surface area (Å²) in [6.07, 6.45) is -21.9. The topological polar surface area (TPSA) is 361 Å². The lowest BCUT2D eigenvalue weighted by Gasteiger charge is -2.58. The average molecular weight is 1120 g/mol. The van der Waals surface area contributed by atoms with Crippen molar-refractivity contribution in [3.05, 3.63) is 11.6 Å². The second-order valence-electron chi connectivity index (χ2n) is 24.6. The Morgan fingerprint density at radius 2 is 1.29 bits per heavy atom. The fraction of sp³-hybridized carbons (Fsp3) is 0.944. The van der Waals surface area contributed by atoms with Gasteiger partial charge in [0.2, 0.25) is 0 Å². The Hall–Kier alpha value is -1.67.